The van der Waals surface area contributed by atoms with E-state index in [4.69, 9.17) is 13.9 Å². The summed E-state index contributed by atoms with van der Waals surface area (Å²) in [6, 6.07) is 15.4. The van der Waals surface area contributed by atoms with Crippen LogP contribution in [0.4, 0.5) is 5.13 Å². The number of benzene rings is 2. The van der Waals surface area contributed by atoms with Gasteiger partial charge in [-0.2, -0.15) is 0 Å². The van der Waals surface area contributed by atoms with Gasteiger partial charge in [-0.05, 0) is 18.2 Å². The van der Waals surface area contributed by atoms with Gasteiger partial charge in [-0.25, -0.2) is 4.98 Å². The Morgan fingerprint density at radius 1 is 1.11 bits per heavy atom. The number of furan rings is 1. The number of carbonyl (C=O) groups excluding carboxylic acids is 1. The highest BCUT2D eigenvalue weighted by Crippen LogP contribution is 2.32. The minimum Gasteiger partial charge on any atom is -0.450 e. The molecule has 2 aromatic carbocycles. The van der Waals surface area contributed by atoms with Crippen LogP contribution < -0.4 is 4.90 Å². The minimum absolute atomic E-state index is 0.251. The summed E-state index contributed by atoms with van der Waals surface area (Å²) < 4.78 is 17.5. The molecule has 0 N–H and O–H groups in total. The van der Waals surface area contributed by atoms with Gasteiger partial charge in [-0.3, -0.25) is 9.69 Å². The zero-order valence-corrected chi connectivity index (χ0v) is 16.5. The van der Waals surface area contributed by atoms with Crippen LogP contribution >= 0.6 is 11.3 Å². The van der Waals surface area contributed by atoms with E-state index < -0.39 is 0 Å². The summed E-state index contributed by atoms with van der Waals surface area (Å²) in [4.78, 5) is 19.7. The molecule has 0 unspecified atom stereocenters. The molecule has 4 rings (SSSR count). The summed E-state index contributed by atoms with van der Waals surface area (Å²) >= 11 is 1.47. The highest BCUT2D eigenvalue weighted by molar-refractivity contribution is 7.22. The van der Waals surface area contributed by atoms with Gasteiger partial charge in [-0.1, -0.05) is 41.7 Å². The number of carbonyl (C=O) groups is 1. The van der Waals surface area contributed by atoms with Crippen molar-refractivity contribution in [2.45, 2.75) is 6.61 Å². The van der Waals surface area contributed by atoms with Gasteiger partial charge in [0, 0.05) is 25.2 Å². The Kier molecular flexibility index (Phi) is 5.38. The van der Waals surface area contributed by atoms with E-state index >= 15 is 0 Å². The van der Waals surface area contributed by atoms with Gasteiger partial charge < -0.3 is 13.9 Å². The first-order valence-electron chi connectivity index (χ1n) is 8.88. The second kappa shape index (κ2) is 8.10. The van der Waals surface area contributed by atoms with Gasteiger partial charge in [0.25, 0.3) is 5.91 Å². The molecule has 0 aliphatic heterocycles. The van der Waals surface area contributed by atoms with E-state index in [1.54, 1.807) is 19.1 Å². The molecule has 0 aliphatic rings. The fraction of sp³-hybridized carbons (Fsp3) is 0.238. The molecule has 4 aromatic rings. The van der Waals surface area contributed by atoms with Gasteiger partial charge in [0.2, 0.25) is 0 Å². The molecule has 6 nitrogen and oxygen atoms in total. The number of fused-ring (bicyclic) bond motifs is 2. The number of anilines is 1. The van der Waals surface area contributed by atoms with Crippen LogP contribution in [0.25, 0.3) is 21.2 Å². The number of para-hydroxylation sites is 2. The maximum absolute atomic E-state index is 13.5. The van der Waals surface area contributed by atoms with Crippen LogP contribution in [0.15, 0.2) is 52.9 Å². The molecule has 7 heteroatoms. The molecule has 28 heavy (non-hydrogen) atoms. The average molecular weight is 396 g/mol. The number of aromatic nitrogens is 1. The number of amides is 1. The minimum atomic E-state index is -0.251. The zero-order chi connectivity index (χ0) is 19.5. The van der Waals surface area contributed by atoms with Gasteiger partial charge in [0.15, 0.2) is 10.9 Å². The molecule has 144 valence electrons. The van der Waals surface area contributed by atoms with E-state index in [-0.39, 0.29) is 18.3 Å². The molecule has 0 spiro atoms. The topological polar surface area (TPSA) is 64.8 Å². The van der Waals surface area contributed by atoms with E-state index in [2.05, 4.69) is 4.98 Å². The lowest BCUT2D eigenvalue weighted by atomic mass is 10.1. The van der Waals surface area contributed by atoms with Gasteiger partial charge in [-0.15, -0.1) is 0 Å². The Morgan fingerprint density at radius 2 is 1.89 bits per heavy atom. The molecular weight excluding hydrogens is 376 g/mol. The number of nitrogens with zero attached hydrogens (tertiary/aromatic N) is 2. The van der Waals surface area contributed by atoms with Crippen molar-refractivity contribution in [3.05, 3.63) is 59.9 Å². The van der Waals surface area contributed by atoms with Crippen LogP contribution in [-0.2, 0) is 16.1 Å². The van der Waals surface area contributed by atoms with Gasteiger partial charge in [0.05, 0.1) is 30.0 Å². The lowest BCUT2D eigenvalue weighted by Gasteiger charge is -2.18. The normalized spacial score (nSPS) is 11.4. The molecule has 0 bridgehead atoms. The van der Waals surface area contributed by atoms with Crippen LogP contribution in [-0.4, -0.2) is 38.3 Å². The number of ether oxygens (including phenoxy) is 2. The number of hydrogen-bond donors (Lipinski definition) is 0. The summed E-state index contributed by atoms with van der Waals surface area (Å²) in [5.74, 6) is 0.0257. The monoisotopic (exact) mass is 396 g/mol. The van der Waals surface area contributed by atoms with Crippen LogP contribution in [0.5, 0.6) is 0 Å². The highest BCUT2D eigenvalue weighted by atomic mass is 32.1. The second-order valence-electron chi connectivity index (χ2n) is 6.25. The molecule has 0 saturated carbocycles. The third kappa shape index (κ3) is 3.40. The van der Waals surface area contributed by atoms with E-state index in [0.717, 1.165) is 21.2 Å². The molecule has 1 amide bonds. The standard InChI is InChI=1S/C21H20N2O4S/c1-25-12-11-23(21-22-16-8-4-6-10-18(16)28-21)20(24)19-15(13-26-2)14-7-3-5-9-17(14)27-19/h3-10H,11-13H2,1-2H3. The van der Waals surface area contributed by atoms with Gasteiger partial charge >= 0.3 is 0 Å². The van der Waals surface area contributed by atoms with Crippen LogP contribution in [0.3, 0.4) is 0 Å². The SMILES string of the molecule is COCCN(C(=O)c1oc2ccccc2c1COC)c1nc2ccccc2s1. The third-order valence-corrected chi connectivity index (χ3v) is 5.52. The van der Waals surface area contributed by atoms with Crippen LogP contribution in [0, 0.1) is 0 Å². The maximum Gasteiger partial charge on any atom is 0.296 e. The molecular formula is C21H20N2O4S. The molecule has 0 radical (unpaired) electrons. The van der Waals surface area contributed by atoms with Crippen molar-refractivity contribution in [3.63, 3.8) is 0 Å². The number of hydrogen-bond acceptors (Lipinski definition) is 6. The fourth-order valence-corrected chi connectivity index (χ4v) is 4.11. The maximum atomic E-state index is 13.5. The number of thiazole rings is 1. The Hall–Kier alpha value is -2.74. The van der Waals surface area contributed by atoms with Crippen molar-refractivity contribution in [2.24, 2.45) is 0 Å². The molecule has 0 fully saturated rings. The molecule has 0 saturated heterocycles. The van der Waals surface area contributed by atoms with Crippen LogP contribution in [0.1, 0.15) is 16.1 Å². The van der Waals surface area contributed by atoms with E-state index in [1.807, 2.05) is 48.5 Å². The van der Waals surface area contributed by atoms with Gasteiger partial charge in [0.1, 0.15) is 5.58 Å². The van der Waals surface area contributed by atoms with Crippen LogP contribution in [0.2, 0.25) is 0 Å². The summed E-state index contributed by atoms with van der Waals surface area (Å²) in [5.41, 5.74) is 2.26. The first-order chi connectivity index (χ1) is 13.7. The van der Waals surface area contributed by atoms with E-state index in [9.17, 15) is 4.79 Å². The molecule has 0 atom stereocenters. The zero-order valence-electron chi connectivity index (χ0n) is 15.7. The van der Waals surface area contributed by atoms with E-state index in [1.165, 1.54) is 11.3 Å². The van der Waals surface area contributed by atoms with Crippen molar-refractivity contribution < 1.29 is 18.7 Å². The predicted octanol–water partition coefficient (Wildman–Crippen LogP) is 4.48. The largest absolute Gasteiger partial charge is 0.450 e. The lowest BCUT2D eigenvalue weighted by Crippen LogP contribution is -2.34. The summed E-state index contributed by atoms with van der Waals surface area (Å²) in [6.07, 6.45) is 0. The van der Waals surface area contributed by atoms with E-state index in [0.29, 0.717) is 23.9 Å². The quantitative estimate of drug-likeness (QED) is 0.461. The fourth-order valence-electron chi connectivity index (χ4n) is 3.12. The average Bonchev–Trinajstić information content (AvgIpc) is 3.30. The highest BCUT2D eigenvalue weighted by Gasteiger charge is 2.28. The van der Waals surface area contributed by atoms with Crippen molar-refractivity contribution >= 4 is 43.6 Å². The van der Waals surface area contributed by atoms with Crippen molar-refractivity contribution in [2.75, 3.05) is 32.3 Å². The first-order valence-corrected chi connectivity index (χ1v) is 9.70. The lowest BCUT2D eigenvalue weighted by molar-refractivity contribution is 0.0945. The Labute approximate surface area is 166 Å². The predicted molar refractivity (Wildman–Crippen MR) is 110 cm³/mol. The smallest absolute Gasteiger partial charge is 0.296 e. The molecule has 0 aliphatic carbocycles. The van der Waals surface area contributed by atoms with Crippen molar-refractivity contribution in [1.82, 2.24) is 4.98 Å². The summed E-state index contributed by atoms with van der Waals surface area (Å²) in [6.45, 7) is 1.05. The summed E-state index contributed by atoms with van der Waals surface area (Å²) in [7, 11) is 3.21. The number of methoxy groups -OCH3 is 2. The second-order valence-corrected chi connectivity index (χ2v) is 7.26. The number of rotatable bonds is 7. The molecule has 2 aromatic heterocycles. The third-order valence-electron chi connectivity index (χ3n) is 4.46. The summed E-state index contributed by atoms with van der Waals surface area (Å²) in [5, 5.41) is 1.50. The Morgan fingerprint density at radius 3 is 2.68 bits per heavy atom. The molecule has 2 heterocycles. The Balaban J connectivity index is 1.79. The van der Waals surface area contributed by atoms with Crippen molar-refractivity contribution in [3.8, 4) is 0 Å². The first kappa shape index (κ1) is 18.6. The van der Waals surface area contributed by atoms with Crippen molar-refractivity contribution in [1.29, 1.82) is 0 Å². The Bertz CT molecular complexity index is 1080.